The van der Waals surface area contributed by atoms with E-state index in [0.717, 1.165) is 51.4 Å². The fraction of sp³-hybridized carbons (Fsp3) is 0.385. The molecule has 0 atom stereocenters. The molecular formula is C26H36Cl2N8O2. The van der Waals surface area contributed by atoms with Crippen molar-refractivity contribution >= 4 is 58.6 Å². The molecule has 0 aliphatic rings. The number of amides is 4. The number of halogens is 2. The number of anilines is 2. The summed E-state index contributed by atoms with van der Waals surface area (Å²) in [5.41, 5.74) is 12.4. The molecule has 8 N–H and O–H groups in total. The molecule has 0 aromatic heterocycles. The molecule has 38 heavy (non-hydrogen) atoms. The Bertz CT molecular complexity index is 978. The number of nitrogens with two attached hydrogens (primary N) is 2. The number of rotatable bonds is 13. The van der Waals surface area contributed by atoms with Crippen LogP contribution in [0.25, 0.3) is 0 Å². The zero-order chi connectivity index (χ0) is 27.9. The number of carbonyl (C=O) groups is 2. The van der Waals surface area contributed by atoms with E-state index < -0.39 is 12.1 Å². The maximum atomic E-state index is 12.4. The van der Waals surface area contributed by atoms with Crippen LogP contribution in [0.4, 0.5) is 21.0 Å². The summed E-state index contributed by atoms with van der Waals surface area (Å²) in [5.74, 6) is -0.587. The Morgan fingerprint density at radius 1 is 0.605 bits per heavy atom. The number of nitrogens with zero attached hydrogens (tertiary/aromatic N) is 2. The summed E-state index contributed by atoms with van der Waals surface area (Å²) in [6, 6.07) is 12.6. The smallest absolute Gasteiger partial charge is 0.328 e. The van der Waals surface area contributed by atoms with Gasteiger partial charge < -0.3 is 22.1 Å². The molecule has 0 fully saturated rings. The second-order valence-corrected chi connectivity index (χ2v) is 9.65. The third-order valence-electron chi connectivity index (χ3n) is 5.78. The minimum Gasteiger partial charge on any atom is -0.370 e. The first-order valence-corrected chi connectivity index (χ1v) is 13.3. The third-order valence-corrected chi connectivity index (χ3v) is 6.28. The summed E-state index contributed by atoms with van der Waals surface area (Å²) in [5, 5.41) is 22.0. The molecule has 12 heteroatoms. The van der Waals surface area contributed by atoms with Crippen LogP contribution < -0.4 is 22.1 Å². The normalized spacial score (nSPS) is 10.5. The summed E-state index contributed by atoms with van der Waals surface area (Å²) < 4.78 is 0. The van der Waals surface area contributed by atoms with Crippen LogP contribution in [0.1, 0.15) is 51.4 Å². The second-order valence-electron chi connectivity index (χ2n) is 8.78. The van der Waals surface area contributed by atoms with Gasteiger partial charge in [-0.3, -0.25) is 20.6 Å². The first kappa shape index (κ1) is 30.7. The number of benzene rings is 2. The minimum absolute atomic E-state index is 0.294. The van der Waals surface area contributed by atoms with Crippen LogP contribution in [-0.2, 0) is 0 Å². The standard InChI is InChI=1S/C26H36Cl2N8O2/c27-19-9-13-21(14-10-19)33-25(37)35(23(29)30)17-7-5-3-1-2-4-6-8-18-36(24(31)32)26(38)34-22-15-11-20(28)12-16-22/h9-16H,1-8,17-18H2,(H3,29,30)(H3,31,32)(H,33,37)(H,34,38). The van der Waals surface area contributed by atoms with Gasteiger partial charge in [-0.05, 0) is 61.4 Å². The lowest BCUT2D eigenvalue weighted by molar-refractivity contribution is 0.231. The van der Waals surface area contributed by atoms with Gasteiger partial charge in [0.05, 0.1) is 0 Å². The van der Waals surface area contributed by atoms with Crippen molar-refractivity contribution in [3.63, 3.8) is 0 Å². The van der Waals surface area contributed by atoms with Crippen molar-refractivity contribution in [2.24, 2.45) is 11.5 Å². The Morgan fingerprint density at radius 2 is 0.895 bits per heavy atom. The molecule has 0 bridgehead atoms. The highest BCUT2D eigenvalue weighted by Crippen LogP contribution is 2.16. The van der Waals surface area contributed by atoms with E-state index >= 15 is 0 Å². The molecule has 0 radical (unpaired) electrons. The molecule has 0 saturated heterocycles. The summed E-state index contributed by atoms with van der Waals surface area (Å²) in [6.07, 6.45) is 7.42. The monoisotopic (exact) mass is 562 g/mol. The summed E-state index contributed by atoms with van der Waals surface area (Å²) in [7, 11) is 0. The molecule has 0 aliphatic carbocycles. The van der Waals surface area contributed by atoms with Gasteiger partial charge >= 0.3 is 12.1 Å². The lowest BCUT2D eigenvalue weighted by Crippen LogP contribution is -2.44. The zero-order valence-corrected chi connectivity index (χ0v) is 22.8. The number of hydrogen-bond donors (Lipinski definition) is 6. The van der Waals surface area contributed by atoms with E-state index in [2.05, 4.69) is 10.6 Å². The van der Waals surface area contributed by atoms with Crippen LogP contribution in [0.3, 0.4) is 0 Å². The van der Waals surface area contributed by atoms with E-state index in [1.807, 2.05) is 0 Å². The highest BCUT2D eigenvalue weighted by Gasteiger charge is 2.17. The van der Waals surface area contributed by atoms with Crippen LogP contribution in [-0.4, -0.2) is 46.9 Å². The molecular weight excluding hydrogens is 527 g/mol. The van der Waals surface area contributed by atoms with E-state index in [1.54, 1.807) is 48.5 Å². The molecule has 0 heterocycles. The SMILES string of the molecule is N=C(N)N(CCCCCCCCCCN(C(=N)N)C(=O)Nc1ccc(Cl)cc1)C(=O)Nc1ccc(Cl)cc1. The van der Waals surface area contributed by atoms with Gasteiger partial charge in [0.15, 0.2) is 11.9 Å². The molecule has 0 spiro atoms. The predicted octanol–water partition coefficient (Wildman–Crippen LogP) is 6.27. The van der Waals surface area contributed by atoms with Crippen molar-refractivity contribution in [2.75, 3.05) is 23.7 Å². The summed E-state index contributed by atoms with van der Waals surface area (Å²) in [4.78, 5) is 27.3. The van der Waals surface area contributed by atoms with Crippen molar-refractivity contribution in [1.82, 2.24) is 9.80 Å². The average Bonchev–Trinajstić information content (AvgIpc) is 2.87. The molecule has 0 saturated carbocycles. The van der Waals surface area contributed by atoms with E-state index in [1.165, 1.54) is 9.80 Å². The Hall–Kier alpha value is -3.50. The van der Waals surface area contributed by atoms with Crippen LogP contribution in [0.2, 0.25) is 10.0 Å². The van der Waals surface area contributed by atoms with Crippen molar-refractivity contribution < 1.29 is 9.59 Å². The number of hydrogen-bond acceptors (Lipinski definition) is 4. The highest BCUT2D eigenvalue weighted by molar-refractivity contribution is 6.31. The van der Waals surface area contributed by atoms with Gasteiger partial charge in [-0.15, -0.1) is 0 Å². The van der Waals surface area contributed by atoms with Gasteiger partial charge in [0.25, 0.3) is 0 Å². The average molecular weight is 564 g/mol. The molecule has 0 aliphatic heterocycles. The molecule has 0 unspecified atom stereocenters. The van der Waals surface area contributed by atoms with Gasteiger partial charge in [0.2, 0.25) is 0 Å². The fourth-order valence-corrected chi connectivity index (χ4v) is 3.96. The van der Waals surface area contributed by atoms with Crippen molar-refractivity contribution in [2.45, 2.75) is 51.4 Å². The molecule has 2 aromatic carbocycles. The van der Waals surface area contributed by atoms with E-state index in [9.17, 15) is 9.59 Å². The largest absolute Gasteiger partial charge is 0.370 e. The quantitative estimate of drug-likeness (QED) is 0.0962. The van der Waals surface area contributed by atoms with E-state index in [-0.39, 0.29) is 11.9 Å². The number of urea groups is 2. The van der Waals surface area contributed by atoms with Gasteiger partial charge in [0.1, 0.15) is 0 Å². The Labute approximate surface area is 233 Å². The first-order chi connectivity index (χ1) is 18.2. The van der Waals surface area contributed by atoms with Crippen LogP contribution >= 0.6 is 23.2 Å². The minimum atomic E-state index is -0.443. The first-order valence-electron chi connectivity index (χ1n) is 12.5. The third kappa shape index (κ3) is 11.3. The van der Waals surface area contributed by atoms with Crippen LogP contribution in [0, 0.1) is 10.8 Å². The van der Waals surface area contributed by atoms with Gasteiger partial charge in [-0.25, -0.2) is 9.59 Å². The van der Waals surface area contributed by atoms with Crippen LogP contribution in [0.15, 0.2) is 48.5 Å². The number of guanidine groups is 2. The number of unbranched alkanes of at least 4 members (excludes halogenated alkanes) is 7. The van der Waals surface area contributed by atoms with Crippen LogP contribution in [0.5, 0.6) is 0 Å². The van der Waals surface area contributed by atoms with Crippen molar-refractivity contribution in [3.05, 3.63) is 58.6 Å². The second kappa shape index (κ2) is 16.4. The Morgan fingerprint density at radius 3 is 1.18 bits per heavy atom. The highest BCUT2D eigenvalue weighted by atomic mass is 35.5. The summed E-state index contributed by atoms with van der Waals surface area (Å²) in [6.45, 7) is 0.738. The summed E-state index contributed by atoms with van der Waals surface area (Å²) >= 11 is 11.7. The predicted molar refractivity (Wildman–Crippen MR) is 155 cm³/mol. The number of carbonyl (C=O) groups excluding carboxylic acids is 2. The van der Waals surface area contributed by atoms with Gasteiger partial charge in [0, 0.05) is 34.5 Å². The zero-order valence-electron chi connectivity index (χ0n) is 21.3. The van der Waals surface area contributed by atoms with Crippen molar-refractivity contribution in [1.29, 1.82) is 10.8 Å². The van der Waals surface area contributed by atoms with Gasteiger partial charge in [-0.1, -0.05) is 61.7 Å². The Kier molecular flexibility index (Phi) is 13.2. The molecule has 206 valence electrons. The van der Waals surface area contributed by atoms with Gasteiger partial charge in [-0.2, -0.15) is 0 Å². The maximum Gasteiger partial charge on any atom is 0.328 e. The van der Waals surface area contributed by atoms with Crippen molar-refractivity contribution in [3.8, 4) is 0 Å². The number of nitrogens with one attached hydrogen (secondary N) is 4. The lowest BCUT2D eigenvalue weighted by atomic mass is 10.1. The molecule has 2 rings (SSSR count). The molecule has 10 nitrogen and oxygen atoms in total. The van der Waals surface area contributed by atoms with E-state index in [0.29, 0.717) is 34.5 Å². The molecule has 4 amide bonds. The fourth-order valence-electron chi connectivity index (χ4n) is 3.71. The maximum absolute atomic E-state index is 12.4. The lowest BCUT2D eigenvalue weighted by Gasteiger charge is -2.21. The van der Waals surface area contributed by atoms with E-state index in [4.69, 9.17) is 45.5 Å². The molecule has 2 aromatic rings. The Balaban J connectivity index is 1.58. The topological polar surface area (TPSA) is 164 Å².